The third kappa shape index (κ3) is 6.32. The fraction of sp³-hybridized carbons (Fsp3) is 0.464. The number of rotatable bonds is 11. The van der Waals surface area contributed by atoms with E-state index in [0.717, 1.165) is 32.2 Å². The number of nitrogens with zero attached hydrogens (tertiary/aromatic N) is 1. The molecule has 2 nitrogen and oxygen atoms in total. The van der Waals surface area contributed by atoms with Gasteiger partial charge in [0, 0.05) is 13.0 Å². The van der Waals surface area contributed by atoms with Crippen LogP contribution < -0.4 is 0 Å². The molecule has 2 aromatic rings. The van der Waals surface area contributed by atoms with E-state index in [-0.39, 0.29) is 0 Å². The molecule has 0 bridgehead atoms. The zero-order chi connectivity index (χ0) is 21.2. The molecule has 0 aromatic heterocycles. The van der Waals surface area contributed by atoms with Gasteiger partial charge >= 0.3 is 0 Å². The molecule has 30 heavy (non-hydrogen) atoms. The van der Waals surface area contributed by atoms with Crippen molar-refractivity contribution >= 4 is 5.91 Å². The molecule has 1 saturated heterocycles. The van der Waals surface area contributed by atoms with Gasteiger partial charge in [0.2, 0.25) is 5.91 Å². The van der Waals surface area contributed by atoms with Crippen molar-refractivity contribution in [2.75, 3.05) is 6.54 Å². The van der Waals surface area contributed by atoms with Gasteiger partial charge in [0.05, 0.1) is 6.04 Å². The normalized spacial score (nSPS) is 16.7. The van der Waals surface area contributed by atoms with E-state index in [9.17, 15) is 4.79 Å². The molecule has 2 heteroatoms. The van der Waals surface area contributed by atoms with Crippen LogP contribution in [0, 0.1) is 6.92 Å². The fourth-order valence-electron chi connectivity index (χ4n) is 4.43. The highest BCUT2D eigenvalue weighted by molar-refractivity contribution is 5.79. The quantitative estimate of drug-likeness (QED) is 0.289. The van der Waals surface area contributed by atoms with Crippen LogP contribution in [0.3, 0.4) is 0 Å². The van der Waals surface area contributed by atoms with Gasteiger partial charge in [-0.25, -0.2) is 0 Å². The van der Waals surface area contributed by atoms with E-state index in [0.29, 0.717) is 18.4 Å². The number of likely N-dealkylation sites (tertiary alicyclic amines) is 1. The number of allylic oxidation sites excluding steroid dienone is 1. The smallest absolute Gasteiger partial charge is 0.223 e. The predicted octanol–water partition coefficient (Wildman–Crippen LogP) is 7.11. The van der Waals surface area contributed by atoms with Crippen molar-refractivity contribution in [2.45, 2.75) is 77.7 Å². The molecule has 1 atom stereocenters. The lowest BCUT2D eigenvalue weighted by molar-refractivity contribution is -0.128. The summed E-state index contributed by atoms with van der Waals surface area (Å²) < 4.78 is 0. The summed E-state index contributed by atoms with van der Waals surface area (Å²) in [5.41, 5.74) is 5.30. The van der Waals surface area contributed by atoms with Gasteiger partial charge in [0.25, 0.3) is 0 Å². The molecule has 1 heterocycles. The Morgan fingerprint density at radius 1 is 1.03 bits per heavy atom. The van der Waals surface area contributed by atoms with E-state index in [1.165, 1.54) is 47.9 Å². The van der Waals surface area contributed by atoms with Crippen LogP contribution in [-0.4, -0.2) is 23.4 Å². The van der Waals surface area contributed by atoms with Crippen LogP contribution in [0.2, 0.25) is 0 Å². The highest BCUT2D eigenvalue weighted by atomic mass is 16.2. The lowest BCUT2D eigenvalue weighted by Crippen LogP contribution is -2.32. The number of hydrogen-bond donors (Lipinski definition) is 0. The van der Waals surface area contributed by atoms with Crippen molar-refractivity contribution in [1.29, 1.82) is 0 Å². The van der Waals surface area contributed by atoms with Crippen molar-refractivity contribution in [3.63, 3.8) is 0 Å². The Labute approximate surface area is 183 Å². The second-order valence-corrected chi connectivity index (χ2v) is 8.59. The van der Waals surface area contributed by atoms with Crippen molar-refractivity contribution < 1.29 is 4.79 Å². The monoisotopic (exact) mass is 403 g/mol. The summed E-state index contributed by atoms with van der Waals surface area (Å²) in [6.45, 7) is 5.34. The molecule has 0 N–H and O–H groups in total. The van der Waals surface area contributed by atoms with Crippen LogP contribution in [0.25, 0.3) is 11.1 Å². The van der Waals surface area contributed by atoms with Gasteiger partial charge in [-0.1, -0.05) is 93.3 Å². The van der Waals surface area contributed by atoms with Crippen LogP contribution in [0.1, 0.15) is 69.4 Å². The molecule has 1 aliphatic rings. The van der Waals surface area contributed by atoms with Crippen molar-refractivity contribution in [1.82, 2.24) is 4.90 Å². The topological polar surface area (TPSA) is 20.3 Å². The van der Waals surface area contributed by atoms with Gasteiger partial charge in [-0.2, -0.15) is 0 Å². The zero-order valence-corrected chi connectivity index (χ0v) is 18.8. The van der Waals surface area contributed by atoms with E-state index in [1.807, 2.05) is 0 Å². The lowest BCUT2D eigenvalue weighted by atomic mass is 9.97. The molecule has 3 rings (SSSR count). The number of carbonyl (C=O) groups is 1. The summed E-state index contributed by atoms with van der Waals surface area (Å²) in [6.07, 6.45) is 14.6. The molecule has 160 valence electrons. The molecule has 1 fully saturated rings. The summed E-state index contributed by atoms with van der Waals surface area (Å²) in [6, 6.07) is 17.8. The van der Waals surface area contributed by atoms with Gasteiger partial charge in [-0.15, -0.1) is 0 Å². The molecular weight excluding hydrogens is 366 g/mol. The molecule has 0 aliphatic carbocycles. The fourth-order valence-corrected chi connectivity index (χ4v) is 4.43. The highest BCUT2D eigenvalue weighted by Gasteiger charge is 2.28. The first-order valence-corrected chi connectivity index (χ1v) is 11.8. The van der Waals surface area contributed by atoms with Crippen LogP contribution in [-0.2, 0) is 11.2 Å². The average Bonchev–Trinajstić information content (AvgIpc) is 3.11. The first-order valence-electron chi connectivity index (χ1n) is 11.8. The minimum Gasteiger partial charge on any atom is -0.336 e. The van der Waals surface area contributed by atoms with Gasteiger partial charge in [-0.05, 0) is 54.9 Å². The molecule has 1 unspecified atom stereocenters. The Morgan fingerprint density at radius 2 is 1.87 bits per heavy atom. The maximum atomic E-state index is 12.3. The standard InChI is InChI=1S/C28H37NO/c1-3-4-5-6-11-21-29-26(19-20-28(29)30)17-9-8-14-24-15-12-16-25(22-24)27-18-10-7-13-23(27)2/h7,9-10,12-13,15-18,22,26H,3-6,8,11,14,19-21H2,1-2H3/b17-9+. The van der Waals surface area contributed by atoms with Crippen LogP contribution in [0.15, 0.2) is 60.7 Å². The molecule has 2 aromatic carbocycles. The maximum Gasteiger partial charge on any atom is 0.223 e. The van der Waals surface area contributed by atoms with E-state index >= 15 is 0 Å². The minimum atomic E-state index is 0.307. The van der Waals surface area contributed by atoms with Crippen molar-refractivity contribution in [3.05, 3.63) is 71.8 Å². The Bertz CT molecular complexity index is 838. The number of aryl methyl sites for hydroxylation is 2. The summed E-state index contributed by atoms with van der Waals surface area (Å²) >= 11 is 0. The van der Waals surface area contributed by atoms with Crippen LogP contribution >= 0.6 is 0 Å². The maximum absolute atomic E-state index is 12.3. The van der Waals surface area contributed by atoms with E-state index in [2.05, 4.69) is 79.4 Å². The average molecular weight is 404 g/mol. The van der Waals surface area contributed by atoms with Crippen molar-refractivity contribution in [3.8, 4) is 11.1 Å². The Morgan fingerprint density at radius 3 is 2.70 bits per heavy atom. The molecule has 1 amide bonds. The van der Waals surface area contributed by atoms with E-state index in [1.54, 1.807) is 0 Å². The Hall–Kier alpha value is -2.35. The second kappa shape index (κ2) is 11.7. The number of benzene rings is 2. The van der Waals surface area contributed by atoms with Crippen LogP contribution in [0.5, 0.6) is 0 Å². The molecule has 0 radical (unpaired) electrons. The molecule has 1 aliphatic heterocycles. The third-order valence-corrected chi connectivity index (χ3v) is 6.22. The number of amides is 1. The lowest BCUT2D eigenvalue weighted by Gasteiger charge is -2.22. The zero-order valence-electron chi connectivity index (χ0n) is 18.8. The summed E-state index contributed by atoms with van der Waals surface area (Å²) in [4.78, 5) is 14.4. The number of carbonyl (C=O) groups excluding carboxylic acids is 1. The molecular formula is C28H37NO. The van der Waals surface area contributed by atoms with Gasteiger partial charge in [-0.3, -0.25) is 4.79 Å². The van der Waals surface area contributed by atoms with Gasteiger partial charge < -0.3 is 4.90 Å². The van der Waals surface area contributed by atoms with Crippen LogP contribution in [0.4, 0.5) is 0 Å². The number of unbranched alkanes of at least 4 members (excludes halogenated alkanes) is 4. The molecule has 0 spiro atoms. The predicted molar refractivity (Wildman–Crippen MR) is 128 cm³/mol. The largest absolute Gasteiger partial charge is 0.336 e. The Kier molecular flexibility index (Phi) is 8.74. The van der Waals surface area contributed by atoms with E-state index < -0.39 is 0 Å². The molecule has 0 saturated carbocycles. The second-order valence-electron chi connectivity index (χ2n) is 8.59. The van der Waals surface area contributed by atoms with E-state index in [4.69, 9.17) is 0 Å². The van der Waals surface area contributed by atoms with Crippen molar-refractivity contribution in [2.24, 2.45) is 0 Å². The SMILES string of the molecule is CCCCCCCN1C(=O)CCC1/C=C/CCc1cccc(-c2ccccc2C)c1. The van der Waals surface area contributed by atoms with Gasteiger partial charge in [0.15, 0.2) is 0 Å². The van der Waals surface area contributed by atoms with Gasteiger partial charge in [0.1, 0.15) is 0 Å². The number of hydrogen-bond acceptors (Lipinski definition) is 1. The summed E-state index contributed by atoms with van der Waals surface area (Å²) in [5.74, 6) is 0.339. The first kappa shape index (κ1) is 22.3. The third-order valence-electron chi connectivity index (χ3n) is 6.22. The minimum absolute atomic E-state index is 0.307. The Balaban J connectivity index is 1.50. The first-order chi connectivity index (χ1) is 14.7. The summed E-state index contributed by atoms with van der Waals surface area (Å²) in [5, 5.41) is 0. The summed E-state index contributed by atoms with van der Waals surface area (Å²) in [7, 11) is 0. The highest BCUT2D eigenvalue weighted by Crippen LogP contribution is 2.25.